The summed E-state index contributed by atoms with van der Waals surface area (Å²) in [5.41, 5.74) is 1.15. The Hall–Kier alpha value is -1.31. The molecule has 122 valence electrons. The number of nitrogens with zero attached hydrogens (tertiary/aromatic N) is 2. The number of halogens is 1. The Balaban J connectivity index is 1.34. The second-order valence-electron chi connectivity index (χ2n) is 5.31. The van der Waals surface area contributed by atoms with E-state index in [1.165, 1.54) is 35.9 Å². The summed E-state index contributed by atoms with van der Waals surface area (Å²) in [6.45, 7) is 0.617. The van der Waals surface area contributed by atoms with Crippen molar-refractivity contribution in [3.05, 3.63) is 34.9 Å². The van der Waals surface area contributed by atoms with Gasteiger partial charge in [-0.05, 0) is 37.0 Å². The van der Waals surface area contributed by atoms with Crippen molar-refractivity contribution >= 4 is 45.7 Å². The molecule has 8 heteroatoms. The van der Waals surface area contributed by atoms with E-state index in [2.05, 4.69) is 20.8 Å². The molecule has 1 heterocycles. The highest BCUT2D eigenvalue weighted by molar-refractivity contribution is 8.01. The number of anilines is 1. The first-order chi connectivity index (χ1) is 11.2. The SMILES string of the molecule is O=C(CSc1nnc(NC2CC2)s1)NCCc1ccc(Cl)cc1. The fourth-order valence-electron chi connectivity index (χ4n) is 1.90. The number of nitrogens with one attached hydrogen (secondary N) is 2. The highest BCUT2D eigenvalue weighted by Gasteiger charge is 2.22. The van der Waals surface area contributed by atoms with E-state index in [-0.39, 0.29) is 5.91 Å². The summed E-state index contributed by atoms with van der Waals surface area (Å²) in [6, 6.07) is 8.23. The van der Waals surface area contributed by atoms with Crippen molar-refractivity contribution < 1.29 is 4.79 Å². The molecule has 1 aromatic heterocycles. The highest BCUT2D eigenvalue weighted by atomic mass is 35.5. The molecule has 1 amide bonds. The van der Waals surface area contributed by atoms with Crippen molar-refractivity contribution in [1.29, 1.82) is 0 Å². The highest BCUT2D eigenvalue weighted by Crippen LogP contribution is 2.29. The van der Waals surface area contributed by atoms with Gasteiger partial charge in [0.2, 0.25) is 11.0 Å². The molecule has 2 aromatic rings. The van der Waals surface area contributed by atoms with E-state index < -0.39 is 0 Å². The van der Waals surface area contributed by atoms with Gasteiger partial charge < -0.3 is 10.6 Å². The summed E-state index contributed by atoms with van der Waals surface area (Å²) >= 11 is 8.76. The number of aromatic nitrogens is 2. The number of benzene rings is 1. The summed E-state index contributed by atoms with van der Waals surface area (Å²) in [4.78, 5) is 11.8. The lowest BCUT2D eigenvalue weighted by atomic mass is 10.1. The van der Waals surface area contributed by atoms with Gasteiger partial charge in [-0.2, -0.15) is 0 Å². The van der Waals surface area contributed by atoms with Gasteiger partial charge in [-0.3, -0.25) is 4.79 Å². The smallest absolute Gasteiger partial charge is 0.230 e. The maximum absolute atomic E-state index is 11.8. The van der Waals surface area contributed by atoms with E-state index in [0.717, 1.165) is 26.5 Å². The Morgan fingerprint density at radius 2 is 2.09 bits per heavy atom. The summed E-state index contributed by atoms with van der Waals surface area (Å²) in [7, 11) is 0. The molecule has 0 aliphatic heterocycles. The van der Waals surface area contributed by atoms with Crippen LogP contribution in [0, 0.1) is 0 Å². The summed E-state index contributed by atoms with van der Waals surface area (Å²) in [6.07, 6.45) is 3.21. The largest absolute Gasteiger partial charge is 0.357 e. The molecular formula is C15H17ClN4OS2. The van der Waals surface area contributed by atoms with Crippen LogP contribution >= 0.6 is 34.7 Å². The van der Waals surface area contributed by atoms with Gasteiger partial charge in [0, 0.05) is 17.6 Å². The molecule has 0 bridgehead atoms. The summed E-state index contributed by atoms with van der Waals surface area (Å²) in [5, 5.41) is 15.9. The minimum atomic E-state index is 0.0101. The zero-order valence-corrected chi connectivity index (χ0v) is 14.8. The zero-order chi connectivity index (χ0) is 16.1. The predicted molar refractivity (Wildman–Crippen MR) is 95.4 cm³/mol. The maximum Gasteiger partial charge on any atom is 0.230 e. The Labute approximate surface area is 148 Å². The number of amides is 1. The zero-order valence-electron chi connectivity index (χ0n) is 12.4. The monoisotopic (exact) mass is 368 g/mol. The van der Waals surface area contributed by atoms with E-state index >= 15 is 0 Å². The fourth-order valence-corrected chi connectivity index (χ4v) is 3.69. The lowest BCUT2D eigenvalue weighted by molar-refractivity contribution is -0.118. The fraction of sp³-hybridized carbons (Fsp3) is 0.400. The Morgan fingerprint density at radius 1 is 1.30 bits per heavy atom. The molecule has 0 atom stereocenters. The molecule has 1 fully saturated rings. The van der Waals surface area contributed by atoms with Gasteiger partial charge in [0.1, 0.15) is 0 Å². The van der Waals surface area contributed by atoms with Gasteiger partial charge in [0.25, 0.3) is 0 Å². The Kier molecular flexibility index (Phi) is 5.75. The minimum absolute atomic E-state index is 0.0101. The lowest BCUT2D eigenvalue weighted by Crippen LogP contribution is -2.27. The van der Waals surface area contributed by atoms with Crippen LogP contribution in [0.5, 0.6) is 0 Å². The first-order valence-corrected chi connectivity index (χ1v) is 9.61. The third-order valence-electron chi connectivity index (χ3n) is 3.29. The van der Waals surface area contributed by atoms with Gasteiger partial charge in [-0.15, -0.1) is 10.2 Å². The minimum Gasteiger partial charge on any atom is -0.357 e. The number of rotatable bonds is 8. The third kappa shape index (κ3) is 5.67. The van der Waals surface area contributed by atoms with Crippen LogP contribution in [0.3, 0.4) is 0 Å². The average molecular weight is 369 g/mol. The number of carbonyl (C=O) groups is 1. The van der Waals surface area contributed by atoms with Gasteiger partial charge in [0.15, 0.2) is 4.34 Å². The molecular weight excluding hydrogens is 352 g/mol. The van der Waals surface area contributed by atoms with Crippen molar-refractivity contribution in [3.8, 4) is 0 Å². The Bertz CT molecular complexity index is 658. The molecule has 0 saturated heterocycles. The maximum atomic E-state index is 11.8. The van der Waals surface area contributed by atoms with E-state index in [1.807, 2.05) is 24.3 Å². The molecule has 1 aromatic carbocycles. The summed E-state index contributed by atoms with van der Waals surface area (Å²) < 4.78 is 0.820. The van der Waals surface area contributed by atoms with Crippen molar-refractivity contribution in [3.63, 3.8) is 0 Å². The van der Waals surface area contributed by atoms with E-state index in [4.69, 9.17) is 11.6 Å². The van der Waals surface area contributed by atoms with Gasteiger partial charge in [-0.25, -0.2) is 0 Å². The number of hydrogen-bond acceptors (Lipinski definition) is 6. The van der Waals surface area contributed by atoms with Gasteiger partial charge in [0.05, 0.1) is 5.75 Å². The molecule has 1 aliphatic carbocycles. The Morgan fingerprint density at radius 3 is 2.83 bits per heavy atom. The normalized spacial score (nSPS) is 13.8. The number of hydrogen-bond donors (Lipinski definition) is 2. The standard InChI is InChI=1S/C15H17ClN4OS2/c16-11-3-1-10(2-4-11)7-8-17-13(21)9-22-15-20-19-14(23-15)18-12-5-6-12/h1-4,12H,5-9H2,(H,17,21)(H,18,19). The molecule has 1 aliphatic rings. The van der Waals surface area contributed by atoms with Crippen LogP contribution in [-0.2, 0) is 11.2 Å². The summed E-state index contributed by atoms with van der Waals surface area (Å²) in [5.74, 6) is 0.370. The second kappa shape index (κ2) is 7.99. The lowest BCUT2D eigenvalue weighted by Gasteiger charge is -2.04. The van der Waals surface area contributed by atoms with E-state index in [9.17, 15) is 4.79 Å². The molecule has 0 unspecified atom stereocenters. The quantitative estimate of drug-likeness (QED) is 0.700. The van der Waals surface area contributed by atoms with Crippen LogP contribution in [0.25, 0.3) is 0 Å². The number of thioether (sulfide) groups is 1. The van der Waals surface area contributed by atoms with E-state index in [0.29, 0.717) is 18.3 Å². The van der Waals surface area contributed by atoms with Crippen LogP contribution in [0.1, 0.15) is 18.4 Å². The molecule has 1 saturated carbocycles. The molecule has 0 radical (unpaired) electrons. The van der Waals surface area contributed by atoms with Crippen LogP contribution in [0.2, 0.25) is 5.02 Å². The average Bonchev–Trinajstić information content (AvgIpc) is 3.24. The van der Waals surface area contributed by atoms with Crippen molar-refractivity contribution in [2.24, 2.45) is 0 Å². The topological polar surface area (TPSA) is 66.9 Å². The van der Waals surface area contributed by atoms with Crippen molar-refractivity contribution in [2.75, 3.05) is 17.6 Å². The van der Waals surface area contributed by atoms with Crippen LogP contribution in [0.4, 0.5) is 5.13 Å². The van der Waals surface area contributed by atoms with E-state index in [1.54, 1.807) is 0 Å². The second-order valence-corrected chi connectivity index (χ2v) is 7.94. The first kappa shape index (κ1) is 16.5. The van der Waals surface area contributed by atoms with Crippen molar-refractivity contribution in [1.82, 2.24) is 15.5 Å². The predicted octanol–water partition coefficient (Wildman–Crippen LogP) is 3.22. The van der Waals surface area contributed by atoms with Gasteiger partial charge >= 0.3 is 0 Å². The van der Waals surface area contributed by atoms with Crippen LogP contribution < -0.4 is 10.6 Å². The molecule has 5 nitrogen and oxygen atoms in total. The molecule has 3 rings (SSSR count). The third-order valence-corrected chi connectivity index (χ3v) is 5.53. The molecule has 0 spiro atoms. The van der Waals surface area contributed by atoms with Crippen molar-refractivity contribution in [2.45, 2.75) is 29.6 Å². The number of carbonyl (C=O) groups excluding carboxylic acids is 1. The van der Waals surface area contributed by atoms with Crippen LogP contribution in [-0.4, -0.2) is 34.4 Å². The first-order valence-electron chi connectivity index (χ1n) is 7.43. The van der Waals surface area contributed by atoms with Crippen LogP contribution in [0.15, 0.2) is 28.6 Å². The van der Waals surface area contributed by atoms with Gasteiger partial charge in [-0.1, -0.05) is 46.8 Å². The molecule has 23 heavy (non-hydrogen) atoms. The molecule has 2 N–H and O–H groups in total.